The van der Waals surface area contributed by atoms with Gasteiger partial charge in [-0.15, -0.1) is 0 Å². The summed E-state index contributed by atoms with van der Waals surface area (Å²) in [5.74, 6) is 1.26. The van der Waals surface area contributed by atoms with Crippen LogP contribution in [0.5, 0.6) is 5.75 Å². The van der Waals surface area contributed by atoms with Crippen LogP contribution in [0.3, 0.4) is 0 Å². The van der Waals surface area contributed by atoms with E-state index in [2.05, 4.69) is 9.71 Å². The molecule has 1 aliphatic carbocycles. The third-order valence-electron chi connectivity index (χ3n) is 2.62. The summed E-state index contributed by atoms with van der Waals surface area (Å²) in [6.45, 7) is 3.98. The number of nitrogens with one attached hydrogen (secondary N) is 1. The molecule has 1 heterocycles. The van der Waals surface area contributed by atoms with Gasteiger partial charge in [0.15, 0.2) is 0 Å². The first kappa shape index (κ1) is 13.1. The number of pyridine rings is 1. The first-order valence-corrected chi connectivity index (χ1v) is 7.88. The molecule has 18 heavy (non-hydrogen) atoms. The van der Waals surface area contributed by atoms with E-state index in [0.717, 1.165) is 24.7 Å². The zero-order chi connectivity index (χ0) is 13.3. The van der Waals surface area contributed by atoms with Crippen molar-refractivity contribution in [3.8, 4) is 5.75 Å². The minimum atomic E-state index is -3.31. The van der Waals surface area contributed by atoms with Crippen LogP contribution < -0.4 is 9.46 Å². The standard InChI is InChI=1S/C12H18N2O3S/c1-8(2)11-6-10(17-9-4-5-9)7-13-12(11)14-18(3,15)16/h6-9H,4-5H2,1-3H3,(H,13,14). The predicted octanol–water partition coefficient (Wildman–Crippen LogP) is 2.12. The van der Waals surface area contributed by atoms with Crippen LogP contribution in [0.25, 0.3) is 0 Å². The van der Waals surface area contributed by atoms with Crippen molar-refractivity contribution in [2.45, 2.75) is 38.7 Å². The molecular weight excluding hydrogens is 252 g/mol. The largest absolute Gasteiger partial charge is 0.489 e. The maximum atomic E-state index is 11.3. The summed E-state index contributed by atoms with van der Waals surface area (Å²) in [5, 5.41) is 0. The monoisotopic (exact) mass is 270 g/mol. The molecule has 1 fully saturated rings. The molecular formula is C12H18N2O3S. The molecule has 0 spiro atoms. The van der Waals surface area contributed by atoms with E-state index in [4.69, 9.17) is 4.74 Å². The smallest absolute Gasteiger partial charge is 0.230 e. The van der Waals surface area contributed by atoms with E-state index < -0.39 is 10.0 Å². The topological polar surface area (TPSA) is 68.3 Å². The van der Waals surface area contributed by atoms with E-state index in [0.29, 0.717) is 17.7 Å². The molecule has 0 aliphatic heterocycles. The average Bonchev–Trinajstić information content (AvgIpc) is 3.01. The van der Waals surface area contributed by atoms with Gasteiger partial charge in [-0.1, -0.05) is 13.8 Å². The first-order chi connectivity index (χ1) is 8.35. The first-order valence-electron chi connectivity index (χ1n) is 5.99. The van der Waals surface area contributed by atoms with Crippen LogP contribution in [-0.4, -0.2) is 25.8 Å². The predicted molar refractivity (Wildman–Crippen MR) is 70.4 cm³/mol. The maximum absolute atomic E-state index is 11.3. The minimum absolute atomic E-state index is 0.171. The molecule has 0 unspecified atom stereocenters. The lowest BCUT2D eigenvalue weighted by Gasteiger charge is -2.14. The number of anilines is 1. The lowest BCUT2D eigenvalue weighted by Crippen LogP contribution is -2.13. The number of aromatic nitrogens is 1. The fourth-order valence-electron chi connectivity index (χ4n) is 1.61. The molecule has 6 heteroatoms. The molecule has 1 saturated carbocycles. The summed E-state index contributed by atoms with van der Waals surface area (Å²) < 4.78 is 30.6. The lowest BCUT2D eigenvalue weighted by atomic mass is 10.0. The van der Waals surface area contributed by atoms with Gasteiger partial charge in [0, 0.05) is 5.56 Å². The Morgan fingerprint density at radius 3 is 2.61 bits per heavy atom. The number of rotatable bonds is 5. The second-order valence-electron chi connectivity index (χ2n) is 4.95. The Labute approximate surface area is 108 Å². The Balaban J connectivity index is 2.28. The van der Waals surface area contributed by atoms with Crippen LogP contribution in [0.4, 0.5) is 5.82 Å². The van der Waals surface area contributed by atoms with Crippen molar-refractivity contribution in [2.24, 2.45) is 0 Å². The Kier molecular flexibility index (Phi) is 3.47. The van der Waals surface area contributed by atoms with Crippen molar-refractivity contribution in [1.82, 2.24) is 4.98 Å². The quantitative estimate of drug-likeness (QED) is 0.889. The second kappa shape index (κ2) is 4.76. The number of hydrogen-bond donors (Lipinski definition) is 1. The van der Waals surface area contributed by atoms with E-state index in [1.165, 1.54) is 0 Å². The molecule has 0 saturated heterocycles. The van der Waals surface area contributed by atoms with Crippen molar-refractivity contribution in [1.29, 1.82) is 0 Å². The van der Waals surface area contributed by atoms with Gasteiger partial charge < -0.3 is 4.74 Å². The second-order valence-corrected chi connectivity index (χ2v) is 6.70. The normalized spacial score (nSPS) is 15.8. The Hall–Kier alpha value is -1.30. The summed E-state index contributed by atoms with van der Waals surface area (Å²) in [5.41, 5.74) is 0.846. The van der Waals surface area contributed by atoms with Crippen molar-refractivity contribution in [2.75, 3.05) is 11.0 Å². The van der Waals surface area contributed by atoms with E-state index in [1.54, 1.807) is 6.20 Å². The van der Waals surface area contributed by atoms with Gasteiger partial charge in [-0.25, -0.2) is 13.4 Å². The van der Waals surface area contributed by atoms with E-state index in [1.807, 2.05) is 19.9 Å². The number of sulfonamides is 1. The average molecular weight is 270 g/mol. The number of hydrogen-bond acceptors (Lipinski definition) is 4. The maximum Gasteiger partial charge on any atom is 0.230 e. The molecule has 1 aromatic heterocycles. The van der Waals surface area contributed by atoms with Crippen molar-refractivity contribution in [3.05, 3.63) is 17.8 Å². The number of nitrogens with zero attached hydrogens (tertiary/aromatic N) is 1. The summed E-state index contributed by atoms with van der Waals surface area (Å²) in [7, 11) is -3.31. The van der Waals surface area contributed by atoms with E-state index in [9.17, 15) is 8.42 Å². The Bertz CT molecular complexity index is 536. The van der Waals surface area contributed by atoms with Crippen LogP contribution in [0, 0.1) is 0 Å². The summed E-state index contributed by atoms with van der Waals surface area (Å²) in [6.07, 6.45) is 5.16. The summed E-state index contributed by atoms with van der Waals surface area (Å²) in [6, 6.07) is 1.86. The van der Waals surface area contributed by atoms with Crippen LogP contribution >= 0.6 is 0 Å². The molecule has 0 amide bonds. The fourth-order valence-corrected chi connectivity index (χ4v) is 2.13. The molecule has 1 aliphatic rings. The van der Waals surface area contributed by atoms with Crippen LogP contribution in [-0.2, 0) is 10.0 Å². The molecule has 2 rings (SSSR count). The van der Waals surface area contributed by atoms with Gasteiger partial charge in [0.25, 0.3) is 0 Å². The van der Waals surface area contributed by atoms with Gasteiger partial charge in [0.1, 0.15) is 11.6 Å². The molecule has 1 aromatic rings. The van der Waals surface area contributed by atoms with Crippen molar-refractivity contribution >= 4 is 15.8 Å². The molecule has 1 N–H and O–H groups in total. The zero-order valence-corrected chi connectivity index (χ0v) is 11.6. The molecule has 0 bridgehead atoms. The summed E-state index contributed by atoms with van der Waals surface area (Å²) >= 11 is 0. The fraction of sp³-hybridized carbons (Fsp3) is 0.583. The third kappa shape index (κ3) is 3.60. The van der Waals surface area contributed by atoms with Gasteiger partial charge in [-0.3, -0.25) is 4.72 Å². The Morgan fingerprint density at radius 2 is 2.11 bits per heavy atom. The van der Waals surface area contributed by atoms with E-state index >= 15 is 0 Å². The highest BCUT2D eigenvalue weighted by Gasteiger charge is 2.24. The SMILES string of the molecule is CC(C)c1cc(OC2CC2)cnc1NS(C)(=O)=O. The molecule has 5 nitrogen and oxygen atoms in total. The third-order valence-corrected chi connectivity index (χ3v) is 3.19. The molecule has 0 atom stereocenters. The Morgan fingerprint density at radius 1 is 1.44 bits per heavy atom. The molecule has 0 aromatic carbocycles. The van der Waals surface area contributed by atoms with Crippen molar-refractivity contribution < 1.29 is 13.2 Å². The van der Waals surface area contributed by atoms with Gasteiger partial charge in [-0.2, -0.15) is 0 Å². The van der Waals surface area contributed by atoms with Crippen molar-refractivity contribution in [3.63, 3.8) is 0 Å². The van der Waals surface area contributed by atoms with Crippen LogP contribution in [0.1, 0.15) is 38.2 Å². The summed E-state index contributed by atoms with van der Waals surface area (Å²) in [4.78, 5) is 4.15. The number of ether oxygens (including phenoxy) is 1. The van der Waals surface area contributed by atoms with Gasteiger partial charge in [-0.05, 0) is 24.8 Å². The molecule has 100 valence electrons. The molecule has 0 radical (unpaired) electrons. The highest BCUT2D eigenvalue weighted by molar-refractivity contribution is 7.92. The van der Waals surface area contributed by atoms with Crippen LogP contribution in [0.15, 0.2) is 12.3 Å². The zero-order valence-electron chi connectivity index (χ0n) is 10.8. The van der Waals surface area contributed by atoms with Crippen LogP contribution in [0.2, 0.25) is 0 Å². The lowest BCUT2D eigenvalue weighted by molar-refractivity contribution is 0.301. The van der Waals surface area contributed by atoms with Gasteiger partial charge in [0.05, 0.1) is 18.6 Å². The van der Waals surface area contributed by atoms with E-state index in [-0.39, 0.29) is 5.92 Å². The minimum Gasteiger partial charge on any atom is -0.489 e. The highest BCUT2D eigenvalue weighted by Crippen LogP contribution is 2.31. The van der Waals surface area contributed by atoms with Gasteiger partial charge >= 0.3 is 0 Å². The van der Waals surface area contributed by atoms with Gasteiger partial charge in [0.2, 0.25) is 10.0 Å². The highest BCUT2D eigenvalue weighted by atomic mass is 32.2.